The average molecular weight is 307 g/mol. The molecule has 0 aliphatic carbocycles. The van der Waals surface area contributed by atoms with Gasteiger partial charge in [0.05, 0.1) is 11.4 Å². The predicted octanol–water partition coefficient (Wildman–Crippen LogP) is 4.41. The molecular weight excluding hydrogens is 294 g/mol. The molecule has 2 aromatic carbocycles. The lowest BCUT2D eigenvalue weighted by molar-refractivity contribution is 0.512. The molecule has 0 unspecified atom stereocenters. The predicted molar refractivity (Wildman–Crippen MR) is 79.5 cm³/mol. The molecule has 1 heterocycles. The van der Waals surface area contributed by atoms with Crippen molar-refractivity contribution in [2.75, 3.05) is 0 Å². The van der Waals surface area contributed by atoms with E-state index >= 15 is 0 Å². The van der Waals surface area contributed by atoms with E-state index in [1.807, 2.05) is 31.2 Å². The van der Waals surface area contributed by atoms with E-state index in [1.165, 1.54) is 6.07 Å². The molecule has 0 atom stereocenters. The van der Waals surface area contributed by atoms with Crippen LogP contribution in [0.25, 0.3) is 11.0 Å². The Hall–Kier alpha value is -1.94. The number of hydrogen-bond acceptors (Lipinski definition) is 1. The highest BCUT2D eigenvalue weighted by Gasteiger charge is 2.17. The summed E-state index contributed by atoms with van der Waals surface area (Å²) in [6.45, 7) is 2.40. The fourth-order valence-electron chi connectivity index (χ4n) is 2.35. The van der Waals surface area contributed by atoms with Gasteiger partial charge in [-0.2, -0.15) is 0 Å². The fourth-order valence-corrected chi connectivity index (χ4v) is 2.56. The SMILES string of the molecule is Cc1ccc(Cn2c(CCl)nc3ccc(F)c(F)c32)cc1. The van der Waals surface area contributed by atoms with Crippen molar-refractivity contribution in [3.8, 4) is 0 Å². The number of hydrogen-bond donors (Lipinski definition) is 0. The number of nitrogens with zero attached hydrogens (tertiary/aromatic N) is 2. The Kier molecular flexibility index (Phi) is 3.64. The van der Waals surface area contributed by atoms with Gasteiger partial charge in [-0.05, 0) is 24.6 Å². The molecule has 0 saturated carbocycles. The van der Waals surface area contributed by atoms with E-state index in [2.05, 4.69) is 4.98 Å². The molecule has 3 aromatic rings. The van der Waals surface area contributed by atoms with Crippen LogP contribution in [0.4, 0.5) is 8.78 Å². The van der Waals surface area contributed by atoms with Crippen LogP contribution in [-0.4, -0.2) is 9.55 Å². The Morgan fingerprint density at radius 3 is 2.48 bits per heavy atom. The van der Waals surface area contributed by atoms with Gasteiger partial charge in [-0.15, -0.1) is 11.6 Å². The minimum atomic E-state index is -0.886. The van der Waals surface area contributed by atoms with Gasteiger partial charge in [0, 0.05) is 6.54 Å². The van der Waals surface area contributed by atoms with E-state index < -0.39 is 11.6 Å². The van der Waals surface area contributed by atoms with Crippen molar-refractivity contribution in [1.82, 2.24) is 9.55 Å². The second-order valence-corrected chi connectivity index (χ2v) is 5.23. The van der Waals surface area contributed by atoms with E-state index in [1.54, 1.807) is 4.57 Å². The van der Waals surface area contributed by atoms with Crippen molar-refractivity contribution in [3.63, 3.8) is 0 Å². The van der Waals surface area contributed by atoms with Crippen LogP contribution in [0.1, 0.15) is 17.0 Å². The smallest absolute Gasteiger partial charge is 0.184 e. The number of alkyl halides is 1. The summed E-state index contributed by atoms with van der Waals surface area (Å²) < 4.78 is 29.2. The van der Waals surface area contributed by atoms with Crippen LogP contribution in [0, 0.1) is 18.6 Å². The molecule has 0 amide bonds. The largest absolute Gasteiger partial charge is 0.320 e. The maximum atomic E-state index is 14.1. The van der Waals surface area contributed by atoms with Gasteiger partial charge in [0.15, 0.2) is 11.6 Å². The zero-order valence-electron chi connectivity index (χ0n) is 11.4. The first kappa shape index (κ1) is 14.0. The van der Waals surface area contributed by atoms with Gasteiger partial charge in [-0.25, -0.2) is 13.8 Å². The fraction of sp³-hybridized carbons (Fsp3) is 0.188. The molecular formula is C16H13ClF2N2. The highest BCUT2D eigenvalue weighted by atomic mass is 35.5. The Bertz CT molecular complexity index is 794. The molecule has 0 radical (unpaired) electrons. The second kappa shape index (κ2) is 5.45. The van der Waals surface area contributed by atoms with E-state index in [0.717, 1.165) is 17.2 Å². The molecule has 0 N–H and O–H groups in total. The van der Waals surface area contributed by atoms with Gasteiger partial charge < -0.3 is 4.57 Å². The number of halogens is 3. The molecule has 5 heteroatoms. The third-order valence-electron chi connectivity index (χ3n) is 3.46. The zero-order chi connectivity index (χ0) is 15.0. The molecule has 0 spiro atoms. The van der Waals surface area contributed by atoms with Crippen molar-refractivity contribution < 1.29 is 8.78 Å². The van der Waals surface area contributed by atoms with Gasteiger partial charge in [-0.3, -0.25) is 0 Å². The monoisotopic (exact) mass is 306 g/mol. The Morgan fingerprint density at radius 2 is 1.81 bits per heavy atom. The Morgan fingerprint density at radius 1 is 1.10 bits per heavy atom. The summed E-state index contributed by atoms with van der Waals surface area (Å²) in [4.78, 5) is 4.27. The van der Waals surface area contributed by atoms with Crippen LogP contribution in [0.2, 0.25) is 0 Å². The third-order valence-corrected chi connectivity index (χ3v) is 3.70. The molecule has 1 aromatic heterocycles. The minimum Gasteiger partial charge on any atom is -0.320 e. The van der Waals surface area contributed by atoms with Gasteiger partial charge in [0.25, 0.3) is 0 Å². The molecule has 0 saturated heterocycles. The summed E-state index contributed by atoms with van der Waals surface area (Å²) in [6, 6.07) is 10.4. The molecule has 0 aliphatic heterocycles. The first-order valence-corrected chi connectivity index (χ1v) is 7.08. The molecule has 3 rings (SSSR count). The van der Waals surface area contributed by atoms with Crippen LogP contribution >= 0.6 is 11.6 Å². The summed E-state index contributed by atoms with van der Waals surface area (Å²) in [5.41, 5.74) is 2.70. The van der Waals surface area contributed by atoms with Crippen molar-refractivity contribution in [2.45, 2.75) is 19.3 Å². The maximum absolute atomic E-state index is 14.1. The second-order valence-electron chi connectivity index (χ2n) is 4.96. The maximum Gasteiger partial charge on any atom is 0.184 e. The number of fused-ring (bicyclic) bond motifs is 1. The lowest BCUT2D eigenvalue weighted by Crippen LogP contribution is -2.05. The number of aryl methyl sites for hydroxylation is 1. The van der Waals surface area contributed by atoms with Gasteiger partial charge in [-0.1, -0.05) is 29.8 Å². The lowest BCUT2D eigenvalue weighted by atomic mass is 10.1. The molecule has 2 nitrogen and oxygen atoms in total. The number of imidazole rings is 1. The van der Waals surface area contributed by atoms with E-state index in [0.29, 0.717) is 17.9 Å². The quantitative estimate of drug-likeness (QED) is 0.655. The normalized spacial score (nSPS) is 11.2. The van der Waals surface area contributed by atoms with Gasteiger partial charge in [0.1, 0.15) is 11.3 Å². The van der Waals surface area contributed by atoms with E-state index in [9.17, 15) is 8.78 Å². The van der Waals surface area contributed by atoms with Crippen LogP contribution in [-0.2, 0) is 12.4 Å². The highest BCUT2D eigenvalue weighted by molar-refractivity contribution is 6.16. The molecule has 0 bridgehead atoms. The Balaban J connectivity index is 2.15. The minimum absolute atomic E-state index is 0.140. The van der Waals surface area contributed by atoms with Crippen molar-refractivity contribution in [1.29, 1.82) is 0 Å². The summed E-state index contributed by atoms with van der Waals surface area (Å²) in [7, 11) is 0. The zero-order valence-corrected chi connectivity index (χ0v) is 12.2. The van der Waals surface area contributed by atoms with E-state index in [-0.39, 0.29) is 11.4 Å². The van der Waals surface area contributed by atoms with Crippen LogP contribution in [0.5, 0.6) is 0 Å². The summed E-state index contributed by atoms with van der Waals surface area (Å²) in [5, 5.41) is 0. The van der Waals surface area contributed by atoms with Crippen LogP contribution < -0.4 is 0 Å². The first-order chi connectivity index (χ1) is 10.1. The molecule has 0 aliphatic rings. The lowest BCUT2D eigenvalue weighted by Gasteiger charge is -2.09. The molecule has 108 valence electrons. The molecule has 0 fully saturated rings. The molecule has 21 heavy (non-hydrogen) atoms. The summed E-state index contributed by atoms with van der Waals surface area (Å²) in [6.07, 6.45) is 0. The van der Waals surface area contributed by atoms with Crippen LogP contribution in [0.15, 0.2) is 36.4 Å². The third kappa shape index (κ3) is 2.51. The average Bonchev–Trinajstić information content (AvgIpc) is 2.84. The van der Waals surface area contributed by atoms with Gasteiger partial charge in [0.2, 0.25) is 0 Å². The number of benzene rings is 2. The Labute approximate surface area is 126 Å². The van der Waals surface area contributed by atoms with E-state index in [4.69, 9.17) is 11.6 Å². The van der Waals surface area contributed by atoms with Crippen molar-refractivity contribution in [3.05, 3.63) is 65.0 Å². The first-order valence-electron chi connectivity index (χ1n) is 6.55. The number of rotatable bonds is 3. The standard InChI is InChI=1S/C16H13ClF2N2/c1-10-2-4-11(5-3-10)9-21-14(8-17)20-13-7-6-12(18)15(19)16(13)21/h2-7H,8-9H2,1H3. The van der Waals surface area contributed by atoms with Crippen molar-refractivity contribution >= 4 is 22.6 Å². The van der Waals surface area contributed by atoms with Crippen molar-refractivity contribution in [2.24, 2.45) is 0 Å². The van der Waals surface area contributed by atoms with Gasteiger partial charge >= 0.3 is 0 Å². The number of aromatic nitrogens is 2. The van der Waals surface area contributed by atoms with Crippen LogP contribution in [0.3, 0.4) is 0 Å². The highest BCUT2D eigenvalue weighted by Crippen LogP contribution is 2.24. The topological polar surface area (TPSA) is 17.8 Å². The summed E-state index contributed by atoms with van der Waals surface area (Å²) in [5.74, 6) is -1.10. The summed E-state index contributed by atoms with van der Waals surface area (Å²) >= 11 is 5.89.